The molecule has 1 unspecified atom stereocenters. The second-order valence-electron chi connectivity index (χ2n) is 7.38. The van der Waals surface area contributed by atoms with Gasteiger partial charge in [-0.15, -0.1) is 0 Å². The van der Waals surface area contributed by atoms with E-state index in [1.807, 2.05) is 54.3 Å². The molecule has 3 aromatic rings. The molecule has 0 bridgehead atoms. The number of hydrogen-bond donors (Lipinski definition) is 0. The third-order valence-corrected chi connectivity index (χ3v) is 5.94. The van der Waals surface area contributed by atoms with Crippen molar-refractivity contribution in [2.24, 2.45) is 0 Å². The topological polar surface area (TPSA) is 32.8 Å². The number of fused-ring (bicyclic) bond motifs is 5. The van der Waals surface area contributed by atoms with Crippen LogP contribution in [0.3, 0.4) is 0 Å². The van der Waals surface area contributed by atoms with Gasteiger partial charge >= 0.3 is 0 Å². The summed E-state index contributed by atoms with van der Waals surface area (Å²) in [5.41, 5.74) is 4.08. The van der Waals surface area contributed by atoms with Crippen molar-refractivity contribution in [2.45, 2.75) is 19.6 Å². The van der Waals surface area contributed by atoms with E-state index in [-0.39, 0.29) is 11.7 Å². The molecule has 30 heavy (non-hydrogen) atoms. The highest BCUT2D eigenvalue weighted by atomic mass is 79.9. The summed E-state index contributed by atoms with van der Waals surface area (Å²) >= 11 is 3.55. The fourth-order valence-electron chi connectivity index (χ4n) is 4.07. The minimum Gasteiger partial charge on any atom is -0.463 e. The summed E-state index contributed by atoms with van der Waals surface area (Å²) in [6.07, 6.45) is 1.32. The maximum atomic E-state index is 13.6. The van der Waals surface area contributed by atoms with E-state index in [1.165, 1.54) is 12.1 Å². The Morgan fingerprint density at radius 3 is 2.63 bits per heavy atom. The van der Waals surface area contributed by atoms with Crippen LogP contribution < -0.4 is 9.64 Å². The number of nitrogens with zero attached hydrogens (tertiary/aromatic N) is 2. The third kappa shape index (κ3) is 3.08. The number of halogens is 2. The van der Waals surface area contributed by atoms with Gasteiger partial charge in [0.25, 0.3) is 5.91 Å². The number of rotatable bonds is 2. The molecule has 3 aromatic carbocycles. The SMILES string of the molecule is CC1=COc2ccc(Br)cc2C2N(Cc3ccc(F)cc3)C(=O)c3ccccc3N12. The Kier molecular flexibility index (Phi) is 4.59. The molecular weight excluding hydrogens is 447 g/mol. The Hall–Kier alpha value is -3.12. The predicted molar refractivity (Wildman–Crippen MR) is 116 cm³/mol. The number of carbonyl (C=O) groups excluding carboxylic acids is 1. The zero-order valence-electron chi connectivity index (χ0n) is 16.2. The molecule has 2 heterocycles. The molecule has 150 valence electrons. The lowest BCUT2D eigenvalue weighted by Gasteiger charge is -2.45. The Balaban J connectivity index is 1.72. The van der Waals surface area contributed by atoms with Crippen LogP contribution in [0.5, 0.6) is 5.75 Å². The van der Waals surface area contributed by atoms with E-state index < -0.39 is 6.17 Å². The first kappa shape index (κ1) is 18.9. The van der Waals surface area contributed by atoms with Crippen molar-refractivity contribution in [3.05, 3.63) is 106 Å². The highest BCUT2D eigenvalue weighted by Crippen LogP contribution is 2.46. The lowest BCUT2D eigenvalue weighted by molar-refractivity contribution is 0.0638. The molecule has 0 N–H and O–H groups in total. The second-order valence-corrected chi connectivity index (χ2v) is 8.30. The Morgan fingerprint density at radius 2 is 1.83 bits per heavy atom. The average molecular weight is 465 g/mol. The molecule has 0 spiro atoms. The molecule has 4 nitrogen and oxygen atoms in total. The molecule has 6 heteroatoms. The van der Waals surface area contributed by atoms with Crippen LogP contribution in [0.4, 0.5) is 10.1 Å². The first-order valence-corrected chi connectivity index (χ1v) is 10.4. The zero-order chi connectivity index (χ0) is 20.8. The van der Waals surface area contributed by atoms with Crippen molar-refractivity contribution >= 4 is 27.5 Å². The Bertz CT molecular complexity index is 1180. The predicted octanol–water partition coefficient (Wildman–Crippen LogP) is 6.00. The number of allylic oxidation sites excluding steroid dienone is 1. The van der Waals surface area contributed by atoms with Crippen molar-refractivity contribution in [3.8, 4) is 5.75 Å². The number of benzene rings is 3. The van der Waals surface area contributed by atoms with Crippen molar-refractivity contribution in [1.82, 2.24) is 4.90 Å². The van der Waals surface area contributed by atoms with Gasteiger partial charge in [0.05, 0.1) is 16.9 Å². The van der Waals surface area contributed by atoms with E-state index in [1.54, 1.807) is 18.4 Å². The molecule has 0 saturated carbocycles. The fraction of sp³-hybridized carbons (Fsp3) is 0.125. The molecule has 0 saturated heterocycles. The molecule has 2 aliphatic rings. The van der Waals surface area contributed by atoms with Gasteiger partial charge in [-0.2, -0.15) is 0 Å². The normalized spacial score (nSPS) is 17.4. The Morgan fingerprint density at radius 1 is 1.07 bits per heavy atom. The highest BCUT2D eigenvalue weighted by Gasteiger charge is 2.41. The quantitative estimate of drug-likeness (QED) is 0.465. The molecule has 5 rings (SSSR count). The van der Waals surface area contributed by atoms with Gasteiger partial charge in [0.1, 0.15) is 24.0 Å². The molecule has 0 aliphatic carbocycles. The van der Waals surface area contributed by atoms with Crippen LogP contribution >= 0.6 is 15.9 Å². The molecule has 0 fully saturated rings. The fourth-order valence-corrected chi connectivity index (χ4v) is 4.45. The smallest absolute Gasteiger partial charge is 0.258 e. The van der Waals surface area contributed by atoms with Crippen LogP contribution in [-0.4, -0.2) is 10.8 Å². The summed E-state index contributed by atoms with van der Waals surface area (Å²) in [5, 5.41) is 0. The molecule has 2 aliphatic heterocycles. The Labute approximate surface area is 182 Å². The van der Waals surface area contributed by atoms with Crippen molar-refractivity contribution in [2.75, 3.05) is 4.90 Å². The van der Waals surface area contributed by atoms with Gasteiger partial charge in [0, 0.05) is 16.6 Å². The highest BCUT2D eigenvalue weighted by molar-refractivity contribution is 9.10. The van der Waals surface area contributed by atoms with E-state index in [2.05, 4.69) is 20.8 Å². The van der Waals surface area contributed by atoms with Crippen LogP contribution in [0.25, 0.3) is 0 Å². The molecule has 0 radical (unpaired) electrons. The van der Waals surface area contributed by atoms with Gasteiger partial charge in [-0.3, -0.25) is 4.79 Å². The van der Waals surface area contributed by atoms with Gasteiger partial charge in [-0.05, 0) is 55.0 Å². The monoisotopic (exact) mass is 464 g/mol. The zero-order valence-corrected chi connectivity index (χ0v) is 17.8. The van der Waals surface area contributed by atoms with Crippen LogP contribution in [0, 0.1) is 5.82 Å². The van der Waals surface area contributed by atoms with E-state index in [4.69, 9.17) is 4.74 Å². The summed E-state index contributed by atoms with van der Waals surface area (Å²) in [6, 6.07) is 19.7. The molecule has 1 atom stereocenters. The summed E-state index contributed by atoms with van der Waals surface area (Å²) in [6.45, 7) is 2.31. The second kappa shape index (κ2) is 7.29. The van der Waals surface area contributed by atoms with Gasteiger partial charge < -0.3 is 14.5 Å². The van der Waals surface area contributed by atoms with Gasteiger partial charge in [0.15, 0.2) is 0 Å². The number of amides is 1. The number of hydrogen-bond acceptors (Lipinski definition) is 3. The van der Waals surface area contributed by atoms with Crippen molar-refractivity contribution < 1.29 is 13.9 Å². The van der Waals surface area contributed by atoms with E-state index in [9.17, 15) is 9.18 Å². The largest absolute Gasteiger partial charge is 0.463 e. The number of anilines is 1. The standard InChI is InChI=1S/C24H18BrFN2O2/c1-15-14-30-22-11-8-17(25)12-20(22)23-27(13-16-6-9-18(26)10-7-16)24(29)19-4-2-3-5-21(19)28(15)23/h2-12,14,23H,13H2,1H3. The summed E-state index contributed by atoms with van der Waals surface area (Å²) in [7, 11) is 0. The lowest BCUT2D eigenvalue weighted by atomic mass is 9.99. The van der Waals surface area contributed by atoms with Gasteiger partial charge in [0.2, 0.25) is 0 Å². The molecular formula is C24H18BrFN2O2. The summed E-state index contributed by atoms with van der Waals surface area (Å²) in [5.74, 6) is 0.324. The maximum absolute atomic E-state index is 13.6. The van der Waals surface area contributed by atoms with Crippen LogP contribution in [0.2, 0.25) is 0 Å². The first-order valence-electron chi connectivity index (χ1n) is 9.59. The van der Waals surface area contributed by atoms with Crippen molar-refractivity contribution in [1.29, 1.82) is 0 Å². The van der Waals surface area contributed by atoms with Gasteiger partial charge in [-0.1, -0.05) is 40.2 Å². The van der Waals surface area contributed by atoms with Crippen LogP contribution in [-0.2, 0) is 6.54 Å². The minimum atomic E-state index is -0.399. The van der Waals surface area contributed by atoms with Crippen LogP contribution in [0.15, 0.2) is 83.2 Å². The maximum Gasteiger partial charge on any atom is 0.258 e. The van der Waals surface area contributed by atoms with Crippen molar-refractivity contribution in [3.63, 3.8) is 0 Å². The van der Waals surface area contributed by atoms with E-state index in [0.29, 0.717) is 17.9 Å². The number of carbonyl (C=O) groups is 1. The summed E-state index contributed by atoms with van der Waals surface area (Å²) < 4.78 is 20.3. The third-order valence-electron chi connectivity index (χ3n) is 5.45. The number of para-hydroxylation sites is 1. The lowest BCUT2D eigenvalue weighted by Crippen LogP contribution is -2.48. The van der Waals surface area contributed by atoms with E-state index >= 15 is 0 Å². The van der Waals surface area contributed by atoms with E-state index in [0.717, 1.165) is 27.0 Å². The average Bonchev–Trinajstić information content (AvgIpc) is 2.89. The first-order chi connectivity index (χ1) is 14.5. The van der Waals surface area contributed by atoms with Crippen LogP contribution in [0.1, 0.15) is 34.6 Å². The summed E-state index contributed by atoms with van der Waals surface area (Å²) in [4.78, 5) is 17.5. The minimum absolute atomic E-state index is 0.0724. The molecule has 0 aromatic heterocycles. The molecule has 1 amide bonds. The number of ether oxygens (including phenoxy) is 1. The van der Waals surface area contributed by atoms with Gasteiger partial charge in [-0.25, -0.2) is 4.39 Å².